The Balaban J connectivity index is 1.92. The first kappa shape index (κ1) is 22.2. The molecule has 3 N–H and O–H groups in total. The molecule has 0 bridgehead atoms. The second-order valence-electron chi connectivity index (χ2n) is 6.30. The third kappa shape index (κ3) is 5.36. The van der Waals surface area contributed by atoms with Crippen LogP contribution >= 0.6 is 11.6 Å². The quantitative estimate of drug-likeness (QED) is 0.684. The molecule has 0 unspecified atom stereocenters. The average Bonchev–Trinajstić information content (AvgIpc) is 2.69. The molecular weight excluding hydrogens is 444 g/mol. The van der Waals surface area contributed by atoms with Gasteiger partial charge in [0.2, 0.25) is 10.0 Å². The first-order valence-corrected chi connectivity index (χ1v) is 10.6. The first-order chi connectivity index (χ1) is 14.1. The van der Waals surface area contributed by atoms with Crippen molar-refractivity contribution in [1.82, 2.24) is 0 Å². The number of anilines is 2. The molecule has 0 atom stereocenters. The normalized spacial score (nSPS) is 14.6. The van der Waals surface area contributed by atoms with Gasteiger partial charge in [0, 0.05) is 24.5 Å². The molecule has 1 heterocycles. The van der Waals surface area contributed by atoms with Crippen LogP contribution in [0.4, 0.5) is 20.2 Å². The fraction of sp³-hybridized carbons (Fsp3) is 0.278. The maximum atomic E-state index is 12.9. The minimum atomic E-state index is -4.03. The summed E-state index contributed by atoms with van der Waals surface area (Å²) in [6.45, 7) is -1.10. The number of ether oxygens (including phenoxy) is 2. The minimum absolute atomic E-state index is 0.0763. The summed E-state index contributed by atoms with van der Waals surface area (Å²) in [6.07, 6.45) is 0. The van der Waals surface area contributed by atoms with Gasteiger partial charge >= 0.3 is 6.61 Å². The van der Waals surface area contributed by atoms with Crippen molar-refractivity contribution in [3.05, 3.63) is 47.0 Å². The number of benzene rings is 2. The van der Waals surface area contributed by atoms with Crippen molar-refractivity contribution >= 4 is 38.9 Å². The Bertz CT molecular complexity index is 1050. The van der Waals surface area contributed by atoms with Crippen LogP contribution in [0.3, 0.4) is 0 Å². The smallest absolute Gasteiger partial charge is 0.387 e. The maximum absolute atomic E-state index is 12.9. The predicted octanol–water partition coefficient (Wildman–Crippen LogP) is 2.68. The summed E-state index contributed by atoms with van der Waals surface area (Å²) >= 11 is 5.91. The van der Waals surface area contributed by atoms with E-state index in [0.717, 1.165) is 0 Å². The van der Waals surface area contributed by atoms with Crippen molar-refractivity contribution in [2.24, 2.45) is 5.14 Å². The van der Waals surface area contributed by atoms with E-state index in [4.69, 9.17) is 21.5 Å². The molecule has 1 aliphatic heterocycles. The van der Waals surface area contributed by atoms with E-state index < -0.39 is 22.5 Å². The number of carbonyl (C=O) groups excluding carboxylic acids is 1. The van der Waals surface area contributed by atoms with Gasteiger partial charge in [-0.3, -0.25) is 4.79 Å². The number of carbonyl (C=O) groups is 1. The van der Waals surface area contributed by atoms with Crippen molar-refractivity contribution in [3.63, 3.8) is 0 Å². The molecule has 1 amide bonds. The number of halogens is 3. The Labute approximate surface area is 176 Å². The van der Waals surface area contributed by atoms with Gasteiger partial charge in [-0.25, -0.2) is 13.6 Å². The third-order valence-corrected chi connectivity index (χ3v) is 5.51. The van der Waals surface area contributed by atoms with Crippen molar-refractivity contribution in [2.75, 3.05) is 36.5 Å². The van der Waals surface area contributed by atoms with Gasteiger partial charge in [0.25, 0.3) is 5.91 Å². The van der Waals surface area contributed by atoms with Gasteiger partial charge in [0.1, 0.15) is 5.75 Å². The number of rotatable bonds is 6. The average molecular weight is 462 g/mol. The largest absolute Gasteiger partial charge is 0.433 e. The van der Waals surface area contributed by atoms with Gasteiger partial charge in [-0.2, -0.15) is 8.78 Å². The molecule has 0 aliphatic carbocycles. The molecule has 1 aliphatic rings. The summed E-state index contributed by atoms with van der Waals surface area (Å²) in [4.78, 5) is 14.6. The van der Waals surface area contributed by atoms with Crippen LogP contribution in [-0.2, 0) is 14.8 Å². The lowest BCUT2D eigenvalue weighted by atomic mass is 10.1. The molecule has 0 saturated carbocycles. The summed E-state index contributed by atoms with van der Waals surface area (Å²) in [5.74, 6) is -0.865. The van der Waals surface area contributed by atoms with Crippen molar-refractivity contribution in [1.29, 1.82) is 0 Å². The van der Waals surface area contributed by atoms with Crippen molar-refractivity contribution < 1.29 is 31.5 Å². The molecule has 3 rings (SSSR count). The van der Waals surface area contributed by atoms with Gasteiger partial charge in [-0.15, -0.1) is 0 Å². The Morgan fingerprint density at radius 1 is 1.20 bits per heavy atom. The lowest BCUT2D eigenvalue weighted by Crippen LogP contribution is -2.37. The lowest BCUT2D eigenvalue weighted by molar-refractivity contribution is -0.0497. The zero-order valence-electron chi connectivity index (χ0n) is 15.5. The summed E-state index contributed by atoms with van der Waals surface area (Å²) in [7, 11) is -4.03. The minimum Gasteiger partial charge on any atom is -0.433 e. The Morgan fingerprint density at radius 3 is 2.50 bits per heavy atom. The van der Waals surface area contributed by atoms with Gasteiger partial charge in [-0.1, -0.05) is 11.6 Å². The van der Waals surface area contributed by atoms with Gasteiger partial charge in [-0.05, 0) is 36.4 Å². The highest BCUT2D eigenvalue weighted by Gasteiger charge is 2.22. The van der Waals surface area contributed by atoms with E-state index in [9.17, 15) is 22.0 Å². The number of nitrogens with zero attached hydrogens (tertiary/aromatic N) is 1. The zero-order valence-corrected chi connectivity index (χ0v) is 17.1. The molecular formula is C18H18ClF2N3O5S. The number of morpholine rings is 1. The van der Waals surface area contributed by atoms with Crippen molar-refractivity contribution in [2.45, 2.75) is 11.5 Å². The van der Waals surface area contributed by atoms with Crippen LogP contribution in [0.2, 0.25) is 5.02 Å². The molecule has 1 saturated heterocycles. The van der Waals surface area contributed by atoms with Crippen LogP contribution in [0.25, 0.3) is 0 Å². The fourth-order valence-electron chi connectivity index (χ4n) is 2.92. The summed E-state index contributed by atoms with van der Waals surface area (Å²) < 4.78 is 57.8. The Morgan fingerprint density at radius 2 is 1.90 bits per heavy atom. The van der Waals surface area contributed by atoms with Crippen LogP contribution < -0.4 is 20.1 Å². The number of alkyl halides is 2. The molecule has 12 heteroatoms. The van der Waals surface area contributed by atoms with E-state index in [1.54, 1.807) is 0 Å². The monoisotopic (exact) mass is 461 g/mol. The van der Waals surface area contributed by atoms with Gasteiger partial charge in [0.05, 0.1) is 28.7 Å². The Kier molecular flexibility index (Phi) is 6.76. The molecule has 8 nitrogen and oxygen atoms in total. The third-order valence-electron chi connectivity index (χ3n) is 4.30. The highest BCUT2D eigenvalue weighted by atomic mass is 35.5. The van der Waals surface area contributed by atoms with E-state index in [2.05, 4.69) is 10.1 Å². The molecule has 162 valence electrons. The van der Waals surface area contributed by atoms with Crippen LogP contribution in [0.5, 0.6) is 5.75 Å². The number of primary sulfonamides is 1. The van der Waals surface area contributed by atoms with E-state index in [1.165, 1.54) is 36.4 Å². The molecule has 30 heavy (non-hydrogen) atoms. The Hall–Kier alpha value is -2.47. The lowest BCUT2D eigenvalue weighted by Gasteiger charge is -2.30. The molecule has 0 aromatic heterocycles. The molecule has 2 aromatic carbocycles. The van der Waals surface area contributed by atoms with Crippen LogP contribution in [-0.4, -0.2) is 47.2 Å². The standard InChI is InChI=1S/C18H18ClF2N3O5S/c19-14-9-11(1-4-16(14)29-18(20)21)23-17(25)13-10-12(30(22,26)27)2-3-15(13)24-5-7-28-8-6-24/h1-4,9-10,18H,5-8H2,(H,23,25)(H2,22,26,27). The van der Waals surface area contributed by atoms with E-state index >= 15 is 0 Å². The second-order valence-corrected chi connectivity index (χ2v) is 8.27. The molecule has 1 fully saturated rings. The zero-order chi connectivity index (χ0) is 21.9. The summed E-state index contributed by atoms with van der Waals surface area (Å²) in [5, 5.41) is 7.65. The fourth-order valence-corrected chi connectivity index (χ4v) is 3.69. The second kappa shape index (κ2) is 9.13. The number of hydrogen-bond donors (Lipinski definition) is 2. The molecule has 2 aromatic rings. The number of hydrogen-bond acceptors (Lipinski definition) is 6. The predicted molar refractivity (Wildman–Crippen MR) is 107 cm³/mol. The van der Waals surface area contributed by atoms with Crippen molar-refractivity contribution in [3.8, 4) is 5.75 Å². The number of nitrogens with two attached hydrogens (primary N) is 1. The van der Waals surface area contributed by atoms with E-state index in [0.29, 0.717) is 32.0 Å². The topological polar surface area (TPSA) is 111 Å². The summed E-state index contributed by atoms with van der Waals surface area (Å²) in [5.41, 5.74) is 0.792. The van der Waals surface area contributed by atoms with Gasteiger partial charge in [0.15, 0.2) is 0 Å². The molecule has 0 spiro atoms. The number of sulfonamides is 1. The maximum Gasteiger partial charge on any atom is 0.387 e. The molecule has 0 radical (unpaired) electrons. The van der Waals surface area contributed by atoms with Crippen LogP contribution in [0.1, 0.15) is 10.4 Å². The highest BCUT2D eigenvalue weighted by molar-refractivity contribution is 7.89. The SMILES string of the molecule is NS(=O)(=O)c1ccc(N2CCOCC2)c(C(=O)Nc2ccc(OC(F)F)c(Cl)c2)c1. The van der Waals surface area contributed by atoms with Gasteiger partial charge < -0.3 is 19.7 Å². The van der Waals surface area contributed by atoms with Crippen LogP contribution in [0.15, 0.2) is 41.3 Å². The highest BCUT2D eigenvalue weighted by Crippen LogP contribution is 2.30. The number of nitrogens with one attached hydrogen (secondary N) is 1. The summed E-state index contributed by atoms with van der Waals surface area (Å²) in [6, 6.07) is 7.78. The van der Waals surface area contributed by atoms with E-state index in [-0.39, 0.29) is 26.9 Å². The van der Waals surface area contributed by atoms with E-state index in [1.807, 2.05) is 4.90 Å². The van der Waals surface area contributed by atoms with Crippen LogP contribution in [0, 0.1) is 0 Å². The first-order valence-electron chi connectivity index (χ1n) is 8.70. The number of amides is 1.